The van der Waals surface area contributed by atoms with E-state index in [1.165, 1.54) is 18.3 Å². The molecule has 23 heavy (non-hydrogen) atoms. The zero-order valence-corrected chi connectivity index (χ0v) is 13.0. The van der Waals surface area contributed by atoms with Gasteiger partial charge in [0.05, 0.1) is 6.20 Å². The maximum absolute atomic E-state index is 12.9. The minimum absolute atomic E-state index is 0.209. The van der Waals surface area contributed by atoms with Gasteiger partial charge >= 0.3 is 0 Å². The maximum atomic E-state index is 12.9. The van der Waals surface area contributed by atoms with Gasteiger partial charge in [-0.25, -0.2) is 13.9 Å². The summed E-state index contributed by atoms with van der Waals surface area (Å²) in [7, 11) is 0. The van der Waals surface area contributed by atoms with Gasteiger partial charge in [-0.3, -0.25) is 4.79 Å². The van der Waals surface area contributed by atoms with Gasteiger partial charge in [0, 0.05) is 17.9 Å². The van der Waals surface area contributed by atoms with Gasteiger partial charge < -0.3 is 5.32 Å². The van der Waals surface area contributed by atoms with Crippen LogP contribution >= 0.6 is 0 Å². The number of carbonyl (C=O) groups is 1. The largest absolute Gasteiger partial charge is 0.352 e. The second kappa shape index (κ2) is 6.16. The normalized spacial score (nSPS) is 10.9. The molecule has 0 fully saturated rings. The van der Waals surface area contributed by atoms with E-state index in [-0.39, 0.29) is 11.7 Å². The average Bonchev–Trinajstić information content (AvgIpc) is 2.93. The third kappa shape index (κ3) is 3.21. The topological polar surface area (TPSA) is 59.3 Å². The lowest BCUT2D eigenvalue weighted by Gasteiger charge is -2.05. The smallest absolute Gasteiger partial charge is 0.256 e. The highest BCUT2D eigenvalue weighted by molar-refractivity contribution is 5.99. The van der Waals surface area contributed by atoms with E-state index in [0.717, 1.165) is 17.0 Å². The number of amides is 1. The molecule has 0 bridgehead atoms. The molecule has 5 nitrogen and oxygen atoms in total. The Balaban J connectivity index is 1.70. The molecule has 0 atom stereocenters. The molecular weight excluding hydrogens is 295 g/mol. The summed E-state index contributed by atoms with van der Waals surface area (Å²) >= 11 is 0. The van der Waals surface area contributed by atoms with Gasteiger partial charge in [-0.1, -0.05) is 12.1 Å². The van der Waals surface area contributed by atoms with Crippen molar-refractivity contribution in [3.63, 3.8) is 0 Å². The number of aryl methyl sites for hydroxylation is 2. The summed E-state index contributed by atoms with van der Waals surface area (Å²) in [6, 6.07) is 8.17. The fraction of sp³-hybridized carbons (Fsp3) is 0.235. The average molecular weight is 312 g/mol. The Bertz CT molecular complexity index is 855. The van der Waals surface area contributed by atoms with E-state index < -0.39 is 0 Å². The van der Waals surface area contributed by atoms with Crippen molar-refractivity contribution in [1.82, 2.24) is 19.9 Å². The predicted octanol–water partition coefficient (Wildman–Crippen LogP) is 2.46. The zero-order chi connectivity index (χ0) is 16.4. The number of benzene rings is 1. The number of nitrogens with one attached hydrogen (secondary N) is 1. The van der Waals surface area contributed by atoms with Crippen LogP contribution in [0.15, 0.2) is 36.5 Å². The minimum Gasteiger partial charge on any atom is -0.352 e. The van der Waals surface area contributed by atoms with Crippen LogP contribution in [0, 0.1) is 19.7 Å². The first-order valence-electron chi connectivity index (χ1n) is 7.39. The lowest BCUT2D eigenvalue weighted by atomic mass is 10.1. The van der Waals surface area contributed by atoms with Crippen molar-refractivity contribution in [3.8, 4) is 0 Å². The van der Waals surface area contributed by atoms with Crippen molar-refractivity contribution in [2.24, 2.45) is 0 Å². The highest BCUT2D eigenvalue weighted by Crippen LogP contribution is 2.11. The Hall–Kier alpha value is -2.76. The molecule has 2 aromatic heterocycles. The van der Waals surface area contributed by atoms with Gasteiger partial charge in [0.25, 0.3) is 5.91 Å². The van der Waals surface area contributed by atoms with Crippen LogP contribution in [0.3, 0.4) is 0 Å². The molecule has 0 aliphatic carbocycles. The number of halogens is 1. The van der Waals surface area contributed by atoms with Crippen molar-refractivity contribution in [3.05, 3.63) is 64.9 Å². The molecular formula is C17H17FN4O. The molecule has 0 aliphatic rings. The summed E-state index contributed by atoms with van der Waals surface area (Å²) in [6.45, 7) is 4.27. The fourth-order valence-corrected chi connectivity index (χ4v) is 2.50. The molecule has 6 heteroatoms. The van der Waals surface area contributed by atoms with Crippen LogP contribution in [0.2, 0.25) is 0 Å². The second-order valence-corrected chi connectivity index (χ2v) is 5.46. The summed E-state index contributed by atoms with van der Waals surface area (Å²) in [4.78, 5) is 16.7. The van der Waals surface area contributed by atoms with E-state index in [9.17, 15) is 9.18 Å². The summed E-state index contributed by atoms with van der Waals surface area (Å²) in [5, 5.41) is 7.06. The lowest BCUT2D eigenvalue weighted by molar-refractivity contribution is 0.0955. The van der Waals surface area contributed by atoms with E-state index >= 15 is 0 Å². The number of aromatic nitrogens is 3. The van der Waals surface area contributed by atoms with Crippen LogP contribution in [0.5, 0.6) is 0 Å². The lowest BCUT2D eigenvalue weighted by Crippen LogP contribution is -2.25. The standard InChI is InChI=1S/C17H17FN4O/c1-11-9-12(2)22-16(21-11)15(10-20-22)17(23)19-8-7-13-3-5-14(18)6-4-13/h3-6,9-10H,7-8H2,1-2H3,(H,19,23). The molecule has 0 aliphatic heterocycles. The Morgan fingerprint density at radius 3 is 2.74 bits per heavy atom. The maximum Gasteiger partial charge on any atom is 0.256 e. The monoisotopic (exact) mass is 312 g/mol. The minimum atomic E-state index is -0.263. The van der Waals surface area contributed by atoms with E-state index in [2.05, 4.69) is 15.4 Å². The van der Waals surface area contributed by atoms with Gasteiger partial charge in [-0.2, -0.15) is 5.10 Å². The molecule has 1 amide bonds. The Morgan fingerprint density at radius 2 is 2.00 bits per heavy atom. The van der Waals surface area contributed by atoms with Crippen LogP contribution in [0.25, 0.3) is 5.65 Å². The molecule has 118 valence electrons. The first kappa shape index (κ1) is 15.1. The highest BCUT2D eigenvalue weighted by Gasteiger charge is 2.14. The van der Waals surface area contributed by atoms with Gasteiger partial charge in [0.1, 0.15) is 11.4 Å². The predicted molar refractivity (Wildman–Crippen MR) is 84.9 cm³/mol. The third-order valence-electron chi connectivity index (χ3n) is 3.64. The molecule has 3 aromatic rings. The van der Waals surface area contributed by atoms with E-state index in [1.54, 1.807) is 16.6 Å². The number of hydrogen-bond donors (Lipinski definition) is 1. The first-order chi connectivity index (χ1) is 11.0. The fourth-order valence-electron chi connectivity index (χ4n) is 2.50. The van der Waals surface area contributed by atoms with Crippen LogP contribution in [-0.4, -0.2) is 27.0 Å². The second-order valence-electron chi connectivity index (χ2n) is 5.46. The highest BCUT2D eigenvalue weighted by atomic mass is 19.1. The molecule has 0 spiro atoms. The molecule has 0 saturated heterocycles. The van der Waals surface area contributed by atoms with Crippen LogP contribution in [0.1, 0.15) is 27.3 Å². The molecule has 3 rings (SSSR count). The van der Waals surface area contributed by atoms with Crippen molar-refractivity contribution in [2.45, 2.75) is 20.3 Å². The summed E-state index contributed by atoms with van der Waals surface area (Å²) in [5.41, 5.74) is 3.75. The first-order valence-corrected chi connectivity index (χ1v) is 7.39. The van der Waals surface area contributed by atoms with Crippen molar-refractivity contribution in [1.29, 1.82) is 0 Å². The van der Waals surface area contributed by atoms with E-state index in [1.807, 2.05) is 19.9 Å². The SMILES string of the molecule is Cc1cc(C)n2ncc(C(=O)NCCc3ccc(F)cc3)c2n1. The Labute approximate surface area is 133 Å². The Morgan fingerprint density at radius 1 is 1.26 bits per heavy atom. The van der Waals surface area contributed by atoms with Crippen LogP contribution in [0.4, 0.5) is 4.39 Å². The zero-order valence-electron chi connectivity index (χ0n) is 13.0. The molecule has 0 saturated carbocycles. The summed E-state index contributed by atoms with van der Waals surface area (Å²) in [6.07, 6.45) is 2.17. The third-order valence-corrected chi connectivity index (χ3v) is 3.64. The van der Waals surface area contributed by atoms with Gasteiger partial charge in [0.15, 0.2) is 5.65 Å². The molecule has 2 heterocycles. The van der Waals surface area contributed by atoms with Gasteiger partial charge in [-0.05, 0) is 44.0 Å². The molecule has 1 aromatic carbocycles. The van der Waals surface area contributed by atoms with Crippen molar-refractivity contribution >= 4 is 11.6 Å². The quantitative estimate of drug-likeness (QED) is 0.805. The van der Waals surface area contributed by atoms with Gasteiger partial charge in [-0.15, -0.1) is 0 Å². The van der Waals surface area contributed by atoms with E-state index in [4.69, 9.17) is 0 Å². The van der Waals surface area contributed by atoms with Crippen molar-refractivity contribution in [2.75, 3.05) is 6.54 Å². The number of nitrogens with zero attached hydrogens (tertiary/aromatic N) is 3. The van der Waals surface area contributed by atoms with Crippen LogP contribution < -0.4 is 5.32 Å². The van der Waals surface area contributed by atoms with E-state index in [0.29, 0.717) is 24.2 Å². The number of carbonyl (C=O) groups excluding carboxylic acids is 1. The summed E-state index contributed by atoms with van der Waals surface area (Å²) < 4.78 is 14.5. The molecule has 1 N–H and O–H groups in total. The number of fused-ring (bicyclic) bond motifs is 1. The molecule has 0 unspecified atom stereocenters. The van der Waals surface area contributed by atoms with Gasteiger partial charge in [0.2, 0.25) is 0 Å². The number of rotatable bonds is 4. The Kier molecular flexibility index (Phi) is 4.06. The van der Waals surface area contributed by atoms with Crippen molar-refractivity contribution < 1.29 is 9.18 Å². The molecule has 0 radical (unpaired) electrons. The summed E-state index contributed by atoms with van der Waals surface area (Å²) in [5.74, 6) is -0.472. The number of hydrogen-bond acceptors (Lipinski definition) is 3. The van der Waals surface area contributed by atoms with Crippen LogP contribution in [-0.2, 0) is 6.42 Å².